The summed E-state index contributed by atoms with van der Waals surface area (Å²) in [4.78, 5) is 13.1. The van der Waals surface area contributed by atoms with Crippen LogP contribution in [0.2, 0.25) is 0 Å². The molecular weight excluding hydrogens is 220 g/mol. The summed E-state index contributed by atoms with van der Waals surface area (Å²) in [5, 5.41) is 5.33. The zero-order chi connectivity index (χ0) is 11.0. The monoisotopic (exact) mass is 230 g/mol. The van der Waals surface area contributed by atoms with Crippen LogP contribution < -0.4 is 5.32 Å². The van der Waals surface area contributed by atoms with Gasteiger partial charge in [-0.3, -0.25) is 4.79 Å². The van der Waals surface area contributed by atoms with Crippen molar-refractivity contribution in [1.29, 1.82) is 0 Å². The molecule has 2 aliphatic heterocycles. The molecule has 0 bridgehead atoms. The fourth-order valence-corrected chi connectivity index (χ4v) is 2.76. The summed E-state index contributed by atoms with van der Waals surface area (Å²) in [6.45, 7) is 0. The summed E-state index contributed by atoms with van der Waals surface area (Å²) in [6, 6.07) is 9.91. The van der Waals surface area contributed by atoms with Gasteiger partial charge in [0.2, 0.25) is 0 Å². The Morgan fingerprint density at radius 1 is 1.31 bits per heavy atom. The van der Waals surface area contributed by atoms with Crippen LogP contribution in [0, 0.1) is 0 Å². The van der Waals surface area contributed by atoms with Gasteiger partial charge in [-0.2, -0.15) is 0 Å². The smallest absolute Gasteiger partial charge is 0.168 e. The number of allylic oxidation sites excluding steroid dienone is 1. The van der Waals surface area contributed by atoms with E-state index in [4.69, 9.17) is 0 Å². The maximum absolute atomic E-state index is 11.2. The Morgan fingerprint density at radius 2 is 2.12 bits per heavy atom. The molecule has 3 rings (SSSR count). The van der Waals surface area contributed by atoms with Crippen molar-refractivity contribution in [2.24, 2.45) is 0 Å². The third-order valence-corrected chi connectivity index (χ3v) is 3.54. The quantitative estimate of drug-likeness (QED) is 0.787. The molecule has 80 valence electrons. The van der Waals surface area contributed by atoms with Gasteiger partial charge in [-0.1, -0.05) is 42.1 Å². The highest BCUT2D eigenvalue weighted by Crippen LogP contribution is 2.35. The van der Waals surface area contributed by atoms with Gasteiger partial charge >= 0.3 is 0 Å². The Kier molecular flexibility index (Phi) is 2.22. The van der Waals surface area contributed by atoms with Crippen LogP contribution in [-0.2, 0) is 4.79 Å². The van der Waals surface area contributed by atoms with Gasteiger partial charge in [-0.25, -0.2) is 0 Å². The first-order valence-electron chi connectivity index (χ1n) is 5.02. The highest BCUT2D eigenvalue weighted by molar-refractivity contribution is 8.02. The maximum Gasteiger partial charge on any atom is 0.168 e. The molecule has 0 saturated carbocycles. The Labute approximate surface area is 97.8 Å². The van der Waals surface area contributed by atoms with Crippen LogP contribution in [0.4, 0.5) is 0 Å². The van der Waals surface area contributed by atoms with Gasteiger partial charge in [0.05, 0.1) is 5.70 Å². The fourth-order valence-electron chi connectivity index (χ4n) is 1.91. The van der Waals surface area contributed by atoms with Crippen LogP contribution in [0.25, 0.3) is 5.70 Å². The van der Waals surface area contributed by atoms with Gasteiger partial charge in [0.1, 0.15) is 5.70 Å². The zero-order valence-electron chi connectivity index (χ0n) is 8.46. The van der Waals surface area contributed by atoms with E-state index >= 15 is 0 Å². The number of rotatable bonds is 2. The van der Waals surface area contributed by atoms with Crippen molar-refractivity contribution < 1.29 is 4.79 Å². The minimum atomic E-state index is 0.135. The number of carbonyl (C=O) groups excluding carboxylic acids is 1. The van der Waals surface area contributed by atoms with Crippen molar-refractivity contribution in [3.63, 3.8) is 0 Å². The molecule has 0 aromatic heterocycles. The van der Waals surface area contributed by atoms with Crippen LogP contribution in [-0.4, -0.2) is 16.7 Å². The highest BCUT2D eigenvalue weighted by atomic mass is 32.2. The maximum atomic E-state index is 11.2. The van der Waals surface area contributed by atoms with E-state index in [0.717, 1.165) is 17.5 Å². The lowest BCUT2D eigenvalue weighted by Crippen LogP contribution is -2.27. The van der Waals surface area contributed by atoms with Gasteiger partial charge < -0.3 is 10.2 Å². The van der Waals surface area contributed by atoms with E-state index in [0.29, 0.717) is 5.70 Å². The standard InChI is InChI=1S/C12H10N2OS/c15-8-10-11(9-4-2-1-3-5-9)13-12-14(10)6-7-16-12/h1-8,12-13H. The molecule has 1 aromatic rings. The SMILES string of the molecule is O=CC1=C(c2ccccc2)NC2SC=CN12. The topological polar surface area (TPSA) is 32.3 Å². The molecule has 1 N–H and O–H groups in total. The third kappa shape index (κ3) is 1.34. The average molecular weight is 230 g/mol. The van der Waals surface area contributed by atoms with Crippen molar-refractivity contribution in [3.8, 4) is 0 Å². The summed E-state index contributed by atoms with van der Waals surface area (Å²) in [5.41, 5.74) is 2.80. The molecule has 2 heterocycles. The number of hydrogen-bond acceptors (Lipinski definition) is 4. The Bertz CT molecular complexity index is 481. The molecule has 0 aliphatic carbocycles. The molecule has 1 unspecified atom stereocenters. The summed E-state index contributed by atoms with van der Waals surface area (Å²) in [6.07, 6.45) is 2.84. The minimum Gasteiger partial charge on any atom is -0.354 e. The number of hydrogen-bond donors (Lipinski definition) is 1. The Hall–Kier alpha value is -1.68. The van der Waals surface area contributed by atoms with E-state index in [1.165, 1.54) is 0 Å². The van der Waals surface area contributed by atoms with E-state index in [1.54, 1.807) is 11.8 Å². The molecule has 0 saturated heterocycles. The van der Waals surface area contributed by atoms with E-state index in [2.05, 4.69) is 5.32 Å². The molecule has 4 heteroatoms. The van der Waals surface area contributed by atoms with Crippen LogP contribution in [0.3, 0.4) is 0 Å². The molecule has 0 amide bonds. The number of thioether (sulfide) groups is 1. The fraction of sp³-hybridized carbons (Fsp3) is 0.0833. The lowest BCUT2D eigenvalue weighted by molar-refractivity contribution is -0.105. The predicted molar refractivity (Wildman–Crippen MR) is 64.9 cm³/mol. The summed E-state index contributed by atoms with van der Waals surface area (Å²) in [7, 11) is 0. The van der Waals surface area contributed by atoms with Gasteiger partial charge in [0.25, 0.3) is 0 Å². The first-order valence-corrected chi connectivity index (χ1v) is 5.96. The highest BCUT2D eigenvalue weighted by Gasteiger charge is 2.32. The van der Waals surface area contributed by atoms with Crippen molar-refractivity contribution in [1.82, 2.24) is 10.2 Å². The first kappa shape index (κ1) is 9.54. The zero-order valence-corrected chi connectivity index (χ0v) is 9.28. The number of carbonyl (C=O) groups is 1. The molecule has 0 fully saturated rings. The van der Waals surface area contributed by atoms with Gasteiger partial charge in [-0.05, 0) is 11.0 Å². The molecule has 2 aliphatic rings. The van der Waals surface area contributed by atoms with E-state index in [1.807, 2.05) is 46.8 Å². The molecule has 1 aromatic carbocycles. The second-order valence-corrected chi connectivity index (χ2v) is 4.56. The second-order valence-electron chi connectivity index (χ2n) is 3.57. The van der Waals surface area contributed by atoms with Crippen LogP contribution >= 0.6 is 11.8 Å². The Morgan fingerprint density at radius 3 is 2.88 bits per heavy atom. The molecule has 0 spiro atoms. The van der Waals surface area contributed by atoms with E-state index in [-0.39, 0.29) is 5.50 Å². The third-order valence-electron chi connectivity index (χ3n) is 2.66. The van der Waals surface area contributed by atoms with Crippen LogP contribution in [0.1, 0.15) is 5.56 Å². The van der Waals surface area contributed by atoms with Crippen molar-refractivity contribution in [2.75, 3.05) is 0 Å². The molecule has 0 radical (unpaired) electrons. The van der Waals surface area contributed by atoms with Gasteiger partial charge in [0, 0.05) is 6.20 Å². The lowest BCUT2D eigenvalue weighted by Gasteiger charge is -2.15. The lowest BCUT2D eigenvalue weighted by atomic mass is 10.1. The molecule has 16 heavy (non-hydrogen) atoms. The molecular formula is C12H10N2OS. The van der Waals surface area contributed by atoms with Gasteiger partial charge in [0.15, 0.2) is 11.8 Å². The van der Waals surface area contributed by atoms with Crippen molar-refractivity contribution >= 4 is 23.7 Å². The van der Waals surface area contributed by atoms with Crippen molar-refractivity contribution in [3.05, 3.63) is 53.2 Å². The number of nitrogens with one attached hydrogen (secondary N) is 1. The number of aldehydes is 1. The average Bonchev–Trinajstić information content (AvgIpc) is 2.89. The normalized spacial score (nSPS) is 22.2. The van der Waals surface area contributed by atoms with E-state index < -0.39 is 0 Å². The molecule has 3 nitrogen and oxygen atoms in total. The summed E-state index contributed by atoms with van der Waals surface area (Å²) >= 11 is 1.66. The van der Waals surface area contributed by atoms with Crippen LogP contribution in [0.5, 0.6) is 0 Å². The minimum absolute atomic E-state index is 0.135. The molecule has 1 atom stereocenters. The van der Waals surface area contributed by atoms with E-state index in [9.17, 15) is 4.79 Å². The predicted octanol–water partition coefficient (Wildman–Crippen LogP) is 1.96. The summed E-state index contributed by atoms with van der Waals surface area (Å²) < 4.78 is 0. The van der Waals surface area contributed by atoms with Gasteiger partial charge in [-0.15, -0.1) is 0 Å². The van der Waals surface area contributed by atoms with Crippen molar-refractivity contribution in [2.45, 2.75) is 5.50 Å². The number of nitrogens with zero attached hydrogens (tertiary/aromatic N) is 1. The Balaban J connectivity index is 2.06. The number of benzene rings is 1. The van der Waals surface area contributed by atoms with Crippen LogP contribution in [0.15, 0.2) is 47.6 Å². The largest absolute Gasteiger partial charge is 0.354 e. The summed E-state index contributed by atoms with van der Waals surface area (Å²) in [5.74, 6) is 0. The number of fused-ring (bicyclic) bond motifs is 1. The second kappa shape index (κ2) is 3.72. The first-order chi connectivity index (χ1) is 7.90.